The summed E-state index contributed by atoms with van der Waals surface area (Å²) in [4.78, 5) is 8.60. The van der Waals surface area contributed by atoms with Gasteiger partial charge >= 0.3 is 0 Å². The molecule has 2 aromatic heterocycles. The maximum absolute atomic E-state index is 10.4. The standard InChI is InChI=1S/C17H26N4O3/c1-20(2)17-18-16(24-19-17)12-21-9-5-3-4-7-13(21)11-14(22)15-8-6-10-23-15/h6,8,10,13-14,22H,3-5,7,9,11-12H2,1-2H3/t13-,14+/m1/s1. The van der Waals surface area contributed by atoms with Crippen LogP contribution in [0.4, 0.5) is 5.95 Å². The van der Waals surface area contributed by atoms with Crippen molar-refractivity contribution in [2.75, 3.05) is 25.5 Å². The van der Waals surface area contributed by atoms with Crippen LogP contribution in [0.25, 0.3) is 0 Å². The predicted molar refractivity (Wildman–Crippen MR) is 89.6 cm³/mol. The number of nitrogens with zero attached hydrogens (tertiary/aromatic N) is 4. The molecule has 132 valence electrons. The summed E-state index contributed by atoms with van der Waals surface area (Å²) in [6.45, 7) is 1.60. The molecule has 24 heavy (non-hydrogen) atoms. The molecule has 0 saturated carbocycles. The Morgan fingerprint density at radius 3 is 2.96 bits per heavy atom. The van der Waals surface area contributed by atoms with E-state index in [1.165, 1.54) is 12.8 Å². The summed E-state index contributed by atoms with van der Waals surface area (Å²) in [5.74, 6) is 1.84. The molecule has 0 bridgehead atoms. The van der Waals surface area contributed by atoms with Gasteiger partial charge in [0.05, 0.1) is 12.8 Å². The first-order chi connectivity index (χ1) is 11.6. The first-order valence-electron chi connectivity index (χ1n) is 8.59. The quantitative estimate of drug-likeness (QED) is 0.870. The molecule has 0 spiro atoms. The molecule has 2 atom stereocenters. The Bertz CT molecular complexity index is 611. The number of furan rings is 1. The fourth-order valence-electron chi connectivity index (χ4n) is 3.23. The minimum atomic E-state index is -0.578. The predicted octanol–water partition coefficient (Wildman–Crippen LogP) is 2.60. The van der Waals surface area contributed by atoms with Crippen LogP contribution < -0.4 is 4.90 Å². The largest absolute Gasteiger partial charge is 0.467 e. The summed E-state index contributed by atoms with van der Waals surface area (Å²) in [6, 6.07) is 3.92. The zero-order chi connectivity index (χ0) is 16.9. The zero-order valence-electron chi connectivity index (χ0n) is 14.4. The number of likely N-dealkylation sites (tertiary alicyclic amines) is 1. The lowest BCUT2D eigenvalue weighted by Crippen LogP contribution is -2.35. The molecule has 1 N–H and O–H groups in total. The van der Waals surface area contributed by atoms with Crippen LogP contribution in [0.3, 0.4) is 0 Å². The lowest BCUT2D eigenvalue weighted by atomic mass is 10.0. The SMILES string of the molecule is CN(C)c1noc(CN2CCCCC[C@@H]2C[C@H](O)c2ccco2)n1. The highest BCUT2D eigenvalue weighted by Crippen LogP contribution is 2.27. The van der Waals surface area contributed by atoms with Gasteiger partial charge in [0.15, 0.2) is 0 Å². The molecule has 1 aliphatic heterocycles. The van der Waals surface area contributed by atoms with Crippen molar-refractivity contribution in [3.8, 4) is 0 Å². The van der Waals surface area contributed by atoms with Crippen molar-refractivity contribution in [1.29, 1.82) is 0 Å². The third kappa shape index (κ3) is 4.15. The van der Waals surface area contributed by atoms with Crippen LogP contribution in [0.5, 0.6) is 0 Å². The van der Waals surface area contributed by atoms with E-state index in [0.717, 1.165) is 19.4 Å². The van der Waals surface area contributed by atoms with Gasteiger partial charge in [-0.25, -0.2) is 0 Å². The molecule has 1 fully saturated rings. The van der Waals surface area contributed by atoms with E-state index in [9.17, 15) is 5.11 Å². The summed E-state index contributed by atoms with van der Waals surface area (Å²) in [6.07, 6.45) is 6.29. The van der Waals surface area contributed by atoms with Crippen molar-refractivity contribution < 1.29 is 14.0 Å². The first-order valence-corrected chi connectivity index (χ1v) is 8.59. The topological polar surface area (TPSA) is 78.8 Å². The molecule has 2 aromatic rings. The van der Waals surface area contributed by atoms with Crippen LogP contribution in [-0.2, 0) is 6.54 Å². The second kappa shape index (κ2) is 7.81. The van der Waals surface area contributed by atoms with Crippen LogP contribution in [0.15, 0.2) is 27.3 Å². The van der Waals surface area contributed by atoms with Gasteiger partial charge in [-0.1, -0.05) is 12.8 Å². The Kier molecular flexibility index (Phi) is 5.52. The van der Waals surface area contributed by atoms with E-state index in [1.807, 2.05) is 31.1 Å². The highest BCUT2D eigenvalue weighted by Gasteiger charge is 2.26. The number of rotatable bonds is 6. The van der Waals surface area contributed by atoms with E-state index in [2.05, 4.69) is 15.0 Å². The van der Waals surface area contributed by atoms with Crippen LogP contribution in [0.2, 0.25) is 0 Å². The minimum Gasteiger partial charge on any atom is -0.467 e. The summed E-state index contributed by atoms with van der Waals surface area (Å²) < 4.78 is 10.7. The molecule has 1 aliphatic rings. The summed E-state index contributed by atoms with van der Waals surface area (Å²) >= 11 is 0. The zero-order valence-corrected chi connectivity index (χ0v) is 14.4. The van der Waals surface area contributed by atoms with E-state index in [1.54, 1.807) is 6.26 Å². The lowest BCUT2D eigenvalue weighted by molar-refractivity contribution is 0.0779. The minimum absolute atomic E-state index is 0.280. The maximum Gasteiger partial charge on any atom is 0.265 e. The fourth-order valence-corrected chi connectivity index (χ4v) is 3.23. The first kappa shape index (κ1) is 17.0. The van der Waals surface area contributed by atoms with Gasteiger partial charge in [-0.05, 0) is 43.1 Å². The third-order valence-corrected chi connectivity index (χ3v) is 4.56. The molecule has 3 heterocycles. The van der Waals surface area contributed by atoms with Crippen molar-refractivity contribution in [2.24, 2.45) is 0 Å². The van der Waals surface area contributed by atoms with Gasteiger partial charge < -0.3 is 18.9 Å². The Balaban J connectivity index is 1.67. The Morgan fingerprint density at radius 1 is 1.38 bits per heavy atom. The highest BCUT2D eigenvalue weighted by atomic mass is 16.5. The number of hydrogen-bond acceptors (Lipinski definition) is 7. The summed E-state index contributed by atoms with van der Waals surface area (Å²) in [5.41, 5.74) is 0. The maximum atomic E-state index is 10.4. The van der Waals surface area contributed by atoms with E-state index >= 15 is 0 Å². The monoisotopic (exact) mass is 334 g/mol. The number of aromatic nitrogens is 2. The molecule has 7 heteroatoms. The van der Waals surface area contributed by atoms with E-state index in [-0.39, 0.29) is 6.04 Å². The van der Waals surface area contributed by atoms with Crippen LogP contribution in [-0.4, -0.2) is 46.8 Å². The Labute approximate surface area is 142 Å². The van der Waals surface area contributed by atoms with Gasteiger partial charge in [-0.2, -0.15) is 4.98 Å². The second-order valence-corrected chi connectivity index (χ2v) is 6.62. The van der Waals surface area contributed by atoms with E-state index in [4.69, 9.17) is 8.94 Å². The van der Waals surface area contributed by atoms with Crippen LogP contribution >= 0.6 is 0 Å². The van der Waals surface area contributed by atoms with Crippen molar-refractivity contribution in [3.63, 3.8) is 0 Å². The Hall–Kier alpha value is -1.86. The van der Waals surface area contributed by atoms with Crippen molar-refractivity contribution in [3.05, 3.63) is 30.0 Å². The third-order valence-electron chi connectivity index (χ3n) is 4.56. The Morgan fingerprint density at radius 2 is 2.25 bits per heavy atom. The number of hydrogen-bond donors (Lipinski definition) is 1. The molecule has 1 saturated heterocycles. The average molecular weight is 334 g/mol. The molecule has 0 amide bonds. The molecular formula is C17H26N4O3. The molecule has 0 unspecified atom stereocenters. The van der Waals surface area contributed by atoms with Crippen molar-refractivity contribution in [1.82, 2.24) is 15.0 Å². The lowest BCUT2D eigenvalue weighted by Gasteiger charge is -2.29. The smallest absolute Gasteiger partial charge is 0.265 e. The highest BCUT2D eigenvalue weighted by molar-refractivity contribution is 5.23. The molecule has 0 aromatic carbocycles. The molecule has 7 nitrogen and oxygen atoms in total. The van der Waals surface area contributed by atoms with Crippen molar-refractivity contribution in [2.45, 2.75) is 50.8 Å². The van der Waals surface area contributed by atoms with Crippen LogP contribution in [0.1, 0.15) is 49.9 Å². The molecule has 3 rings (SSSR count). The molecule has 0 aliphatic carbocycles. The summed E-state index contributed by atoms with van der Waals surface area (Å²) in [5, 5.41) is 14.4. The number of aliphatic hydroxyl groups is 1. The van der Waals surface area contributed by atoms with Gasteiger partial charge in [-0.3, -0.25) is 4.90 Å². The van der Waals surface area contributed by atoms with Crippen molar-refractivity contribution >= 4 is 5.95 Å². The van der Waals surface area contributed by atoms with Gasteiger partial charge in [0.2, 0.25) is 5.89 Å². The fraction of sp³-hybridized carbons (Fsp3) is 0.647. The van der Waals surface area contributed by atoms with E-state index < -0.39 is 6.10 Å². The normalized spacial score (nSPS) is 20.7. The van der Waals surface area contributed by atoms with E-state index in [0.29, 0.717) is 30.6 Å². The van der Waals surface area contributed by atoms with Gasteiger partial charge in [-0.15, -0.1) is 0 Å². The van der Waals surface area contributed by atoms with Gasteiger partial charge in [0.25, 0.3) is 5.95 Å². The van der Waals surface area contributed by atoms with Crippen LogP contribution in [0, 0.1) is 0 Å². The number of aliphatic hydroxyl groups excluding tert-OH is 1. The molecular weight excluding hydrogens is 308 g/mol. The molecule has 0 radical (unpaired) electrons. The van der Waals surface area contributed by atoms with Gasteiger partial charge in [0, 0.05) is 20.1 Å². The van der Waals surface area contributed by atoms with Gasteiger partial charge in [0.1, 0.15) is 11.9 Å². The summed E-state index contributed by atoms with van der Waals surface area (Å²) in [7, 11) is 3.78. The second-order valence-electron chi connectivity index (χ2n) is 6.62. The average Bonchev–Trinajstić information content (AvgIpc) is 3.20. The number of anilines is 1.